The van der Waals surface area contributed by atoms with Crippen molar-refractivity contribution in [2.24, 2.45) is 0 Å². The van der Waals surface area contributed by atoms with Crippen molar-refractivity contribution in [3.63, 3.8) is 0 Å². The molecule has 2 N–H and O–H groups in total. The molecule has 0 aliphatic rings. The van der Waals surface area contributed by atoms with E-state index in [9.17, 15) is 4.79 Å². The molecule has 0 unspecified atom stereocenters. The molecule has 0 atom stereocenters. The highest BCUT2D eigenvalue weighted by molar-refractivity contribution is 5.90. The first-order chi connectivity index (χ1) is 7.69. The van der Waals surface area contributed by atoms with E-state index in [-0.39, 0.29) is 12.5 Å². The summed E-state index contributed by atoms with van der Waals surface area (Å²) in [5.41, 5.74) is 1.83. The van der Waals surface area contributed by atoms with E-state index < -0.39 is 0 Å². The lowest BCUT2D eigenvalue weighted by Gasteiger charge is -1.97. The third-order valence-corrected chi connectivity index (χ3v) is 2.08. The van der Waals surface area contributed by atoms with Crippen LogP contribution in [0.2, 0.25) is 0 Å². The molecule has 0 aliphatic heterocycles. The zero-order valence-corrected chi connectivity index (χ0v) is 9.19. The van der Waals surface area contributed by atoms with Gasteiger partial charge in [0.25, 0.3) is 0 Å². The second kappa shape index (κ2) is 4.28. The Bertz CT molecular complexity index is 519. The summed E-state index contributed by atoms with van der Waals surface area (Å²) in [4.78, 5) is 15.5. The molecule has 2 aromatic rings. The van der Waals surface area contributed by atoms with E-state index >= 15 is 0 Å². The molecule has 0 fully saturated rings. The van der Waals surface area contributed by atoms with E-state index in [2.05, 4.69) is 20.7 Å². The van der Waals surface area contributed by atoms with Crippen LogP contribution in [-0.2, 0) is 4.79 Å². The van der Waals surface area contributed by atoms with E-state index in [0.717, 1.165) is 11.2 Å². The van der Waals surface area contributed by atoms with Gasteiger partial charge < -0.3 is 5.32 Å². The van der Waals surface area contributed by atoms with E-state index in [1.54, 1.807) is 11.6 Å². The number of aromatic nitrogens is 3. The monoisotopic (exact) mass is 219 g/mol. The van der Waals surface area contributed by atoms with Crippen LogP contribution in [-0.4, -0.2) is 34.1 Å². The van der Waals surface area contributed by atoms with Crippen LogP contribution < -0.4 is 10.6 Å². The highest BCUT2D eigenvalue weighted by Crippen LogP contribution is 2.07. The molecule has 0 saturated carbocycles. The van der Waals surface area contributed by atoms with Gasteiger partial charge in [0.15, 0.2) is 5.65 Å². The van der Waals surface area contributed by atoms with Crippen molar-refractivity contribution in [1.29, 1.82) is 0 Å². The first-order valence-electron chi connectivity index (χ1n) is 4.96. The zero-order valence-electron chi connectivity index (χ0n) is 9.19. The number of anilines is 1. The number of hydrogen-bond acceptors (Lipinski definition) is 4. The van der Waals surface area contributed by atoms with Crippen LogP contribution in [0, 0.1) is 6.92 Å². The van der Waals surface area contributed by atoms with Gasteiger partial charge in [0.05, 0.1) is 6.54 Å². The molecule has 6 heteroatoms. The molecule has 0 radical (unpaired) electrons. The number of carbonyl (C=O) groups is 1. The zero-order chi connectivity index (χ0) is 11.5. The molecule has 84 valence electrons. The molecule has 0 aliphatic carbocycles. The summed E-state index contributed by atoms with van der Waals surface area (Å²) >= 11 is 0. The highest BCUT2D eigenvalue weighted by atomic mass is 16.2. The Hall–Kier alpha value is -1.95. The maximum absolute atomic E-state index is 11.3. The van der Waals surface area contributed by atoms with Crippen LogP contribution >= 0.6 is 0 Å². The molecule has 2 aromatic heterocycles. The molecule has 2 heterocycles. The lowest BCUT2D eigenvalue weighted by molar-refractivity contribution is -0.115. The number of aryl methyl sites for hydroxylation is 1. The van der Waals surface area contributed by atoms with Crippen molar-refractivity contribution in [2.75, 3.05) is 18.9 Å². The number of carbonyl (C=O) groups excluding carboxylic acids is 1. The predicted molar refractivity (Wildman–Crippen MR) is 60.3 cm³/mol. The number of amides is 1. The van der Waals surface area contributed by atoms with Crippen LogP contribution in [0.25, 0.3) is 5.65 Å². The van der Waals surface area contributed by atoms with Crippen LogP contribution in [0.5, 0.6) is 0 Å². The van der Waals surface area contributed by atoms with Gasteiger partial charge in [-0.25, -0.2) is 4.52 Å². The third kappa shape index (κ3) is 2.17. The fourth-order valence-electron chi connectivity index (χ4n) is 1.37. The lowest BCUT2D eigenvalue weighted by atomic mass is 10.3. The summed E-state index contributed by atoms with van der Waals surface area (Å²) in [7, 11) is 1.71. The van der Waals surface area contributed by atoms with Gasteiger partial charge in [-0.2, -0.15) is 4.98 Å². The van der Waals surface area contributed by atoms with Crippen molar-refractivity contribution in [3.8, 4) is 0 Å². The third-order valence-electron chi connectivity index (χ3n) is 2.08. The summed E-state index contributed by atoms with van der Waals surface area (Å²) in [6.45, 7) is 2.22. The molecule has 1 amide bonds. The first kappa shape index (κ1) is 10.6. The van der Waals surface area contributed by atoms with Crippen molar-refractivity contribution in [2.45, 2.75) is 6.92 Å². The molecule has 0 aromatic carbocycles. The minimum absolute atomic E-state index is 0.157. The molecule has 2 rings (SSSR count). The highest BCUT2D eigenvalue weighted by Gasteiger charge is 2.06. The van der Waals surface area contributed by atoms with E-state index in [1.165, 1.54) is 0 Å². The van der Waals surface area contributed by atoms with Gasteiger partial charge in [-0.05, 0) is 31.7 Å². The number of likely N-dealkylation sites (N-methyl/N-ethyl adjacent to an activating group) is 1. The van der Waals surface area contributed by atoms with Crippen LogP contribution in [0.3, 0.4) is 0 Å². The quantitative estimate of drug-likeness (QED) is 0.773. The van der Waals surface area contributed by atoms with E-state index in [0.29, 0.717) is 5.95 Å². The van der Waals surface area contributed by atoms with Crippen molar-refractivity contribution >= 4 is 17.5 Å². The van der Waals surface area contributed by atoms with Gasteiger partial charge in [0.2, 0.25) is 11.9 Å². The Kier molecular flexibility index (Phi) is 2.82. The summed E-state index contributed by atoms with van der Waals surface area (Å²) in [5.74, 6) is 0.168. The standard InChI is InChI=1S/C10H13N5O/c1-7-3-4-15-8(5-7)12-10(14-15)13-9(16)6-11-2/h3-5,11H,6H2,1-2H3,(H,13,14,16). The molecular weight excluding hydrogens is 206 g/mol. The summed E-state index contributed by atoms with van der Waals surface area (Å²) in [6, 6.07) is 3.83. The Morgan fingerprint density at radius 3 is 3.12 bits per heavy atom. The number of nitrogens with zero attached hydrogens (tertiary/aromatic N) is 3. The normalized spacial score (nSPS) is 10.6. The largest absolute Gasteiger partial charge is 0.311 e. The van der Waals surface area contributed by atoms with Gasteiger partial charge in [-0.15, -0.1) is 5.10 Å². The average molecular weight is 219 g/mol. The fourth-order valence-corrected chi connectivity index (χ4v) is 1.37. The SMILES string of the molecule is CNCC(=O)Nc1nc2cc(C)ccn2n1. The maximum Gasteiger partial charge on any atom is 0.249 e. The Morgan fingerprint density at radius 2 is 2.38 bits per heavy atom. The first-order valence-corrected chi connectivity index (χ1v) is 4.96. The van der Waals surface area contributed by atoms with Crippen LogP contribution in [0.4, 0.5) is 5.95 Å². The maximum atomic E-state index is 11.3. The van der Waals surface area contributed by atoms with Crippen molar-refractivity contribution in [1.82, 2.24) is 19.9 Å². The number of rotatable bonds is 3. The Balaban J connectivity index is 2.23. The van der Waals surface area contributed by atoms with E-state index in [4.69, 9.17) is 0 Å². The summed E-state index contributed by atoms with van der Waals surface area (Å²) in [5, 5.41) is 9.49. The number of nitrogens with one attached hydrogen (secondary N) is 2. The topological polar surface area (TPSA) is 71.3 Å². The summed E-state index contributed by atoms with van der Waals surface area (Å²) in [6.07, 6.45) is 1.81. The minimum Gasteiger partial charge on any atom is -0.311 e. The fraction of sp³-hybridized carbons (Fsp3) is 0.300. The van der Waals surface area contributed by atoms with Gasteiger partial charge in [-0.3, -0.25) is 10.1 Å². The van der Waals surface area contributed by atoms with E-state index in [1.807, 2.05) is 25.3 Å². The molecule has 0 spiro atoms. The van der Waals surface area contributed by atoms with Gasteiger partial charge in [0.1, 0.15) is 0 Å². The average Bonchev–Trinajstić information content (AvgIpc) is 2.59. The van der Waals surface area contributed by atoms with Crippen molar-refractivity contribution < 1.29 is 4.79 Å². The van der Waals surface area contributed by atoms with Crippen LogP contribution in [0.1, 0.15) is 5.56 Å². The van der Waals surface area contributed by atoms with Crippen molar-refractivity contribution in [3.05, 3.63) is 23.9 Å². The number of pyridine rings is 1. The molecule has 16 heavy (non-hydrogen) atoms. The number of hydrogen-bond donors (Lipinski definition) is 2. The second-order valence-electron chi connectivity index (χ2n) is 3.52. The van der Waals surface area contributed by atoms with Gasteiger partial charge >= 0.3 is 0 Å². The predicted octanol–water partition coefficient (Wildman–Crippen LogP) is 0.196. The lowest BCUT2D eigenvalue weighted by Crippen LogP contribution is -2.25. The minimum atomic E-state index is -0.157. The Morgan fingerprint density at radius 1 is 1.56 bits per heavy atom. The van der Waals surface area contributed by atoms with Gasteiger partial charge in [0, 0.05) is 6.20 Å². The Labute approximate surface area is 92.7 Å². The molecular formula is C10H13N5O. The molecule has 6 nitrogen and oxygen atoms in total. The smallest absolute Gasteiger partial charge is 0.249 e. The summed E-state index contributed by atoms with van der Waals surface area (Å²) < 4.78 is 1.63. The second-order valence-corrected chi connectivity index (χ2v) is 3.52. The molecule has 0 bridgehead atoms. The molecule has 0 saturated heterocycles. The van der Waals surface area contributed by atoms with Crippen LogP contribution in [0.15, 0.2) is 18.3 Å². The number of fused-ring (bicyclic) bond motifs is 1. The van der Waals surface area contributed by atoms with Gasteiger partial charge in [-0.1, -0.05) is 0 Å².